The van der Waals surface area contributed by atoms with E-state index in [1.54, 1.807) is 11.8 Å². The van der Waals surface area contributed by atoms with Crippen LogP contribution in [0.2, 0.25) is 0 Å². The monoisotopic (exact) mass is 185 g/mol. The third-order valence-corrected chi connectivity index (χ3v) is 2.01. The maximum absolute atomic E-state index is 11.5. The summed E-state index contributed by atoms with van der Waals surface area (Å²) in [4.78, 5) is 0. The Kier molecular flexibility index (Phi) is 5.82. The standard InChI is InChI=1S/C7H12F3S/c1-2-11-6-4-3-5-7(8,9)10/h1-6H2. The highest BCUT2D eigenvalue weighted by molar-refractivity contribution is 7.99. The summed E-state index contributed by atoms with van der Waals surface area (Å²) < 4.78 is 34.6. The molecule has 11 heavy (non-hydrogen) atoms. The molecule has 0 amide bonds. The molecule has 0 aromatic heterocycles. The maximum atomic E-state index is 11.5. The third kappa shape index (κ3) is 10.1. The molecule has 1 radical (unpaired) electrons. The van der Waals surface area contributed by atoms with Gasteiger partial charge in [0.1, 0.15) is 0 Å². The molecule has 0 bridgehead atoms. The zero-order valence-electron chi connectivity index (χ0n) is 6.28. The van der Waals surface area contributed by atoms with Gasteiger partial charge in [-0.25, -0.2) is 0 Å². The minimum absolute atomic E-state index is 0.247. The first-order valence-corrected chi connectivity index (χ1v) is 4.65. The Morgan fingerprint density at radius 1 is 1.18 bits per heavy atom. The summed E-state index contributed by atoms with van der Waals surface area (Å²) in [5, 5.41) is 0. The highest BCUT2D eigenvalue weighted by Gasteiger charge is 2.25. The summed E-state index contributed by atoms with van der Waals surface area (Å²) in [5.74, 6) is 1.53. The van der Waals surface area contributed by atoms with Gasteiger partial charge in [0.05, 0.1) is 0 Å². The van der Waals surface area contributed by atoms with E-state index >= 15 is 0 Å². The normalized spacial score (nSPS) is 12.0. The Hall–Kier alpha value is 0.140. The topological polar surface area (TPSA) is 0 Å². The summed E-state index contributed by atoms with van der Waals surface area (Å²) in [6, 6.07) is 0. The average molecular weight is 185 g/mol. The molecule has 0 aliphatic carbocycles. The summed E-state index contributed by atoms with van der Waals surface area (Å²) in [6.45, 7) is 3.57. The molecule has 0 fully saturated rings. The number of halogens is 3. The van der Waals surface area contributed by atoms with Crippen molar-refractivity contribution in [3.05, 3.63) is 6.92 Å². The quantitative estimate of drug-likeness (QED) is 0.592. The molecular weight excluding hydrogens is 173 g/mol. The molecule has 67 valence electrons. The summed E-state index contributed by atoms with van der Waals surface area (Å²) in [6.07, 6.45) is -3.74. The Morgan fingerprint density at radius 3 is 2.27 bits per heavy atom. The average Bonchev–Trinajstić information content (AvgIpc) is 1.85. The van der Waals surface area contributed by atoms with E-state index in [1.807, 2.05) is 0 Å². The largest absolute Gasteiger partial charge is 0.389 e. The summed E-state index contributed by atoms with van der Waals surface area (Å²) in [7, 11) is 0. The Balaban J connectivity index is 3.02. The van der Waals surface area contributed by atoms with E-state index in [4.69, 9.17) is 0 Å². The van der Waals surface area contributed by atoms with Crippen molar-refractivity contribution in [1.29, 1.82) is 0 Å². The van der Waals surface area contributed by atoms with Gasteiger partial charge in [-0.3, -0.25) is 0 Å². The first-order valence-electron chi connectivity index (χ1n) is 3.50. The molecule has 4 heteroatoms. The minimum atomic E-state index is -3.98. The van der Waals surface area contributed by atoms with Crippen LogP contribution in [0.4, 0.5) is 13.2 Å². The fraction of sp³-hybridized carbons (Fsp3) is 0.857. The molecule has 0 saturated carbocycles. The van der Waals surface area contributed by atoms with E-state index in [1.165, 1.54) is 0 Å². The molecule has 0 heterocycles. The SMILES string of the molecule is [CH2]CSCCCCC(F)(F)F. The molecular formula is C7H12F3S. The van der Waals surface area contributed by atoms with Crippen molar-refractivity contribution in [2.45, 2.75) is 25.4 Å². The number of rotatable bonds is 5. The van der Waals surface area contributed by atoms with Gasteiger partial charge >= 0.3 is 6.18 Å². The van der Waals surface area contributed by atoms with Crippen molar-refractivity contribution in [1.82, 2.24) is 0 Å². The number of unbranched alkanes of at least 4 members (excludes halogenated alkanes) is 1. The predicted molar refractivity (Wildman–Crippen MR) is 42.6 cm³/mol. The van der Waals surface area contributed by atoms with E-state index in [0.717, 1.165) is 11.5 Å². The molecule has 0 N–H and O–H groups in total. The van der Waals surface area contributed by atoms with Crippen LogP contribution in [0.1, 0.15) is 19.3 Å². The number of hydrogen-bond acceptors (Lipinski definition) is 1. The van der Waals surface area contributed by atoms with Gasteiger partial charge in [0, 0.05) is 6.42 Å². The van der Waals surface area contributed by atoms with Crippen molar-refractivity contribution < 1.29 is 13.2 Å². The van der Waals surface area contributed by atoms with E-state index in [-0.39, 0.29) is 6.42 Å². The van der Waals surface area contributed by atoms with E-state index < -0.39 is 12.6 Å². The van der Waals surface area contributed by atoms with Crippen LogP contribution in [0.15, 0.2) is 0 Å². The second kappa shape index (κ2) is 5.75. The Labute approximate surface area is 69.5 Å². The summed E-state index contributed by atoms with van der Waals surface area (Å²) >= 11 is 1.58. The Morgan fingerprint density at radius 2 is 1.82 bits per heavy atom. The lowest BCUT2D eigenvalue weighted by Gasteiger charge is -2.04. The highest BCUT2D eigenvalue weighted by atomic mass is 32.2. The maximum Gasteiger partial charge on any atom is 0.389 e. The smallest absolute Gasteiger partial charge is 0.171 e. The molecule has 0 aromatic rings. The lowest BCUT2D eigenvalue weighted by molar-refractivity contribution is -0.135. The van der Waals surface area contributed by atoms with Crippen LogP contribution in [0.3, 0.4) is 0 Å². The van der Waals surface area contributed by atoms with E-state index in [9.17, 15) is 13.2 Å². The second-order valence-corrected chi connectivity index (χ2v) is 3.41. The van der Waals surface area contributed by atoms with Gasteiger partial charge in [-0.15, -0.1) is 0 Å². The molecule has 0 saturated heterocycles. The zero-order valence-corrected chi connectivity index (χ0v) is 7.10. The highest BCUT2D eigenvalue weighted by Crippen LogP contribution is 2.22. The van der Waals surface area contributed by atoms with Gasteiger partial charge in [-0.1, -0.05) is 0 Å². The van der Waals surface area contributed by atoms with Crippen LogP contribution in [0.25, 0.3) is 0 Å². The minimum Gasteiger partial charge on any atom is -0.171 e. The fourth-order valence-electron chi connectivity index (χ4n) is 0.632. The van der Waals surface area contributed by atoms with Gasteiger partial charge in [-0.2, -0.15) is 24.9 Å². The van der Waals surface area contributed by atoms with E-state index in [0.29, 0.717) is 6.42 Å². The molecule has 0 aliphatic heterocycles. The zero-order chi connectivity index (χ0) is 8.74. The molecule has 0 nitrogen and oxygen atoms in total. The molecule has 0 atom stereocenters. The van der Waals surface area contributed by atoms with Crippen LogP contribution < -0.4 is 0 Å². The van der Waals surface area contributed by atoms with Crippen LogP contribution in [0.5, 0.6) is 0 Å². The van der Waals surface area contributed by atoms with Crippen LogP contribution in [-0.4, -0.2) is 17.7 Å². The second-order valence-electron chi connectivity index (χ2n) is 2.18. The van der Waals surface area contributed by atoms with Crippen molar-refractivity contribution >= 4 is 11.8 Å². The van der Waals surface area contributed by atoms with Crippen LogP contribution in [0, 0.1) is 6.92 Å². The predicted octanol–water partition coefficient (Wildman–Crippen LogP) is 3.29. The van der Waals surface area contributed by atoms with Gasteiger partial charge in [-0.05, 0) is 31.3 Å². The van der Waals surface area contributed by atoms with Gasteiger partial charge in [0.25, 0.3) is 0 Å². The van der Waals surface area contributed by atoms with Gasteiger partial charge in [0.15, 0.2) is 0 Å². The van der Waals surface area contributed by atoms with Gasteiger partial charge in [0.2, 0.25) is 0 Å². The van der Waals surface area contributed by atoms with Crippen LogP contribution >= 0.6 is 11.8 Å². The molecule has 0 aromatic carbocycles. The van der Waals surface area contributed by atoms with Crippen molar-refractivity contribution in [2.24, 2.45) is 0 Å². The van der Waals surface area contributed by atoms with Gasteiger partial charge < -0.3 is 0 Å². The number of thioether (sulfide) groups is 1. The van der Waals surface area contributed by atoms with E-state index in [2.05, 4.69) is 6.92 Å². The van der Waals surface area contributed by atoms with Crippen molar-refractivity contribution in [3.63, 3.8) is 0 Å². The molecule has 0 rings (SSSR count). The van der Waals surface area contributed by atoms with Crippen molar-refractivity contribution in [3.8, 4) is 0 Å². The third-order valence-electron chi connectivity index (χ3n) is 1.14. The lowest BCUT2D eigenvalue weighted by atomic mass is 10.2. The fourth-order valence-corrected chi connectivity index (χ4v) is 1.24. The Bertz CT molecular complexity index is 90.2. The number of alkyl halides is 3. The first kappa shape index (κ1) is 11.1. The number of hydrogen-bond donors (Lipinski definition) is 0. The first-order chi connectivity index (χ1) is 5.06. The van der Waals surface area contributed by atoms with Crippen LogP contribution in [-0.2, 0) is 0 Å². The molecule has 0 spiro atoms. The summed E-state index contributed by atoms with van der Waals surface area (Å²) in [5.41, 5.74) is 0. The molecule has 0 unspecified atom stereocenters. The molecule has 0 aliphatic rings. The van der Waals surface area contributed by atoms with Crippen molar-refractivity contribution in [2.75, 3.05) is 11.5 Å². The lowest BCUT2D eigenvalue weighted by Crippen LogP contribution is -2.06.